The Hall–Kier alpha value is -2.55. The van der Waals surface area contributed by atoms with Gasteiger partial charge in [-0.15, -0.1) is 0 Å². The van der Waals surface area contributed by atoms with E-state index in [1.54, 1.807) is 6.26 Å². The number of nitrogens with one attached hydrogen (secondary N) is 1. The van der Waals surface area contributed by atoms with Crippen LogP contribution in [0.25, 0.3) is 22.9 Å². The van der Waals surface area contributed by atoms with E-state index in [0.29, 0.717) is 0 Å². The second-order valence-corrected chi connectivity index (χ2v) is 4.78. The van der Waals surface area contributed by atoms with Gasteiger partial charge in [-0.1, -0.05) is 30.3 Å². The first kappa shape index (κ1) is 10.4. The van der Waals surface area contributed by atoms with Gasteiger partial charge in [0.25, 0.3) is 0 Å². The van der Waals surface area contributed by atoms with Gasteiger partial charge >= 0.3 is 0 Å². The topological polar surface area (TPSA) is 42.3 Å². The molecular weight excluding hydrogens is 238 g/mol. The minimum atomic E-state index is -0.137. The zero-order chi connectivity index (χ0) is 12.8. The van der Waals surface area contributed by atoms with Crippen LogP contribution in [-0.2, 0) is 9.78 Å². The largest absolute Gasteiger partial charge is 0.296 e. The average Bonchev–Trinajstić information content (AvgIpc) is 2.44. The van der Waals surface area contributed by atoms with Crippen LogP contribution in [0.1, 0.15) is 0 Å². The molecule has 2 aliphatic rings. The van der Waals surface area contributed by atoms with Crippen molar-refractivity contribution in [2.24, 2.45) is 5.92 Å². The molecule has 92 valence electrons. The second kappa shape index (κ2) is 3.72. The molecule has 0 amide bonds. The minimum absolute atomic E-state index is 0.132. The summed E-state index contributed by atoms with van der Waals surface area (Å²) in [6.45, 7) is 0. The number of benzene rings is 2. The molecule has 1 heterocycles. The van der Waals surface area contributed by atoms with Gasteiger partial charge in [0.15, 0.2) is 0 Å². The molecule has 3 nitrogen and oxygen atoms in total. The van der Waals surface area contributed by atoms with Crippen molar-refractivity contribution < 1.29 is 9.78 Å². The Morgan fingerprint density at radius 3 is 2.53 bits per heavy atom. The summed E-state index contributed by atoms with van der Waals surface area (Å²) in [5.41, 5.74) is 0.957. The maximum absolute atomic E-state index is 7.78. The smallest absolute Gasteiger partial charge is 0.249 e. The van der Waals surface area contributed by atoms with E-state index >= 15 is 0 Å². The molecule has 1 unspecified atom stereocenters. The van der Waals surface area contributed by atoms with E-state index in [0.717, 1.165) is 16.0 Å². The van der Waals surface area contributed by atoms with Crippen molar-refractivity contribution in [3.63, 3.8) is 0 Å². The van der Waals surface area contributed by atoms with Crippen molar-refractivity contribution in [2.75, 3.05) is 0 Å². The van der Waals surface area contributed by atoms with Crippen LogP contribution in [0.2, 0.25) is 0 Å². The van der Waals surface area contributed by atoms with Crippen LogP contribution in [0.4, 0.5) is 0 Å². The first-order valence-corrected chi connectivity index (χ1v) is 6.15. The monoisotopic (exact) mass is 249 g/mol. The van der Waals surface area contributed by atoms with E-state index in [2.05, 4.69) is 36.4 Å². The van der Waals surface area contributed by atoms with E-state index < -0.39 is 0 Å². The minimum Gasteiger partial charge on any atom is -0.296 e. The maximum atomic E-state index is 7.78. The Morgan fingerprint density at radius 2 is 1.74 bits per heavy atom. The van der Waals surface area contributed by atoms with Crippen LogP contribution >= 0.6 is 0 Å². The van der Waals surface area contributed by atoms with Crippen LogP contribution in [0, 0.1) is 11.3 Å². The number of hydrogen-bond donors (Lipinski definition) is 1. The van der Waals surface area contributed by atoms with Crippen LogP contribution in [0.5, 0.6) is 0 Å². The predicted molar refractivity (Wildman–Crippen MR) is 73.6 cm³/mol. The highest BCUT2D eigenvalue weighted by Gasteiger charge is 2.25. The zero-order valence-corrected chi connectivity index (χ0v) is 10.1. The number of rotatable bonds is 0. The summed E-state index contributed by atoms with van der Waals surface area (Å²) in [5, 5.41) is 12.5. The zero-order valence-electron chi connectivity index (χ0n) is 10.1. The van der Waals surface area contributed by atoms with E-state index in [-0.39, 0.29) is 11.8 Å². The summed E-state index contributed by atoms with van der Waals surface area (Å²) in [4.78, 5) is 9.62. The van der Waals surface area contributed by atoms with Crippen molar-refractivity contribution in [3.05, 3.63) is 58.7 Å². The molecule has 2 aromatic carbocycles. The van der Waals surface area contributed by atoms with Crippen molar-refractivity contribution in [3.8, 4) is 0 Å². The van der Waals surface area contributed by atoms with Crippen LogP contribution in [-0.4, -0.2) is 5.90 Å². The van der Waals surface area contributed by atoms with Crippen LogP contribution in [0.3, 0.4) is 0 Å². The summed E-state index contributed by atoms with van der Waals surface area (Å²) < 4.78 is 0. The Kier molecular flexibility index (Phi) is 2.03. The highest BCUT2D eigenvalue weighted by Crippen LogP contribution is 2.23. The fraction of sp³-hybridized carbons (Fsp3) is 0.0625. The van der Waals surface area contributed by atoms with E-state index in [1.165, 1.54) is 10.8 Å². The molecule has 0 fully saturated rings. The molecule has 0 saturated heterocycles. The molecule has 1 atom stereocenters. The quantitative estimate of drug-likeness (QED) is 0.724. The summed E-state index contributed by atoms with van der Waals surface area (Å²) in [6.07, 6.45) is 5.68. The third kappa shape index (κ3) is 1.55. The summed E-state index contributed by atoms with van der Waals surface area (Å²) in [7, 11) is 0. The Bertz CT molecular complexity index is 849. The van der Waals surface area contributed by atoms with Crippen molar-refractivity contribution in [1.29, 1.82) is 5.41 Å². The first-order chi connectivity index (χ1) is 9.31. The summed E-state index contributed by atoms with van der Waals surface area (Å²) >= 11 is 0. The van der Waals surface area contributed by atoms with Crippen molar-refractivity contribution >= 4 is 28.8 Å². The lowest BCUT2D eigenvalue weighted by Gasteiger charge is -2.21. The highest BCUT2D eigenvalue weighted by molar-refractivity contribution is 5.90. The molecule has 0 aromatic heterocycles. The Labute approximate surface area is 109 Å². The van der Waals surface area contributed by atoms with Gasteiger partial charge in [0.1, 0.15) is 6.26 Å². The molecule has 0 saturated carbocycles. The molecule has 1 aliphatic carbocycles. The van der Waals surface area contributed by atoms with Crippen molar-refractivity contribution in [2.45, 2.75) is 0 Å². The lowest BCUT2D eigenvalue weighted by Crippen LogP contribution is -2.34. The Balaban J connectivity index is 2.06. The highest BCUT2D eigenvalue weighted by atomic mass is 17.2. The average molecular weight is 249 g/mol. The second-order valence-electron chi connectivity index (χ2n) is 4.78. The SMILES string of the molecule is N=C1OOC=C2C=c3cc4ccccc4cc3=CC12. The van der Waals surface area contributed by atoms with E-state index in [9.17, 15) is 0 Å². The molecular formula is C16H11NO2. The molecule has 3 heteroatoms. The van der Waals surface area contributed by atoms with Crippen LogP contribution < -0.4 is 10.4 Å². The molecule has 19 heavy (non-hydrogen) atoms. The third-order valence-electron chi connectivity index (χ3n) is 3.58. The summed E-state index contributed by atoms with van der Waals surface area (Å²) in [5.74, 6) is -0.00466. The maximum Gasteiger partial charge on any atom is 0.249 e. The van der Waals surface area contributed by atoms with E-state index in [4.69, 9.17) is 15.2 Å². The number of hydrogen-bond acceptors (Lipinski definition) is 3. The Morgan fingerprint density at radius 1 is 1.00 bits per heavy atom. The van der Waals surface area contributed by atoms with Gasteiger partial charge in [0.05, 0.1) is 5.92 Å². The number of fused-ring (bicyclic) bond motifs is 3. The molecule has 0 bridgehead atoms. The normalized spacial score (nSPS) is 20.1. The van der Waals surface area contributed by atoms with Gasteiger partial charge in [-0.25, -0.2) is 0 Å². The lowest BCUT2D eigenvalue weighted by atomic mass is 9.91. The molecule has 0 radical (unpaired) electrons. The van der Waals surface area contributed by atoms with Gasteiger partial charge in [-0.05, 0) is 39.4 Å². The van der Waals surface area contributed by atoms with Gasteiger partial charge < -0.3 is 0 Å². The molecule has 1 aliphatic heterocycles. The van der Waals surface area contributed by atoms with Gasteiger partial charge in [-0.2, -0.15) is 0 Å². The van der Waals surface area contributed by atoms with Crippen LogP contribution in [0.15, 0.2) is 48.2 Å². The molecule has 4 rings (SSSR count). The molecule has 1 N–H and O–H groups in total. The summed E-state index contributed by atoms with van der Waals surface area (Å²) in [6, 6.07) is 12.6. The first-order valence-electron chi connectivity index (χ1n) is 6.15. The van der Waals surface area contributed by atoms with Gasteiger partial charge in [0, 0.05) is 5.57 Å². The predicted octanol–water partition coefficient (Wildman–Crippen LogP) is 1.85. The van der Waals surface area contributed by atoms with Gasteiger partial charge in [-0.3, -0.25) is 15.2 Å². The molecule has 0 spiro atoms. The third-order valence-corrected chi connectivity index (χ3v) is 3.58. The molecule has 2 aromatic rings. The van der Waals surface area contributed by atoms with Gasteiger partial charge in [0.2, 0.25) is 5.90 Å². The fourth-order valence-corrected chi connectivity index (χ4v) is 2.61. The van der Waals surface area contributed by atoms with E-state index in [1.807, 2.05) is 12.1 Å². The van der Waals surface area contributed by atoms with Crippen molar-refractivity contribution in [1.82, 2.24) is 0 Å². The standard InChI is InChI=1S/C16H11NO2/c17-16-15-8-13-6-11-4-2-1-3-10(11)5-12(13)7-14(15)9-18-19-16/h1-9,15,17H. The fourth-order valence-electron chi connectivity index (χ4n) is 2.61. The lowest BCUT2D eigenvalue weighted by molar-refractivity contribution is -0.176.